The van der Waals surface area contributed by atoms with E-state index in [2.05, 4.69) is 43.5 Å². The van der Waals surface area contributed by atoms with E-state index in [0.717, 1.165) is 51.4 Å². The van der Waals surface area contributed by atoms with Crippen molar-refractivity contribution >= 4 is 11.9 Å². The first-order chi connectivity index (χ1) is 46.5. The number of rotatable bonds is 83. The lowest BCUT2D eigenvalue weighted by atomic mass is 10.0. The van der Waals surface area contributed by atoms with Gasteiger partial charge in [-0.1, -0.05) is 456 Å². The topological polar surface area (TPSA) is 95.9 Å². The molecule has 0 saturated heterocycles. The minimum Gasteiger partial charge on any atom is -0.466 e. The van der Waals surface area contributed by atoms with Gasteiger partial charge in [0.25, 0.3) is 0 Å². The third-order valence-corrected chi connectivity index (χ3v) is 20.8. The van der Waals surface area contributed by atoms with Gasteiger partial charge in [-0.3, -0.25) is 9.59 Å². The predicted molar refractivity (Wildman–Crippen MR) is 417 cm³/mol. The standard InChI is InChI=1S/C88H171NO5/c1-3-5-7-9-11-13-15-17-19-21-22-23-43-46-49-52-56-60-64-68-72-76-80-86(91)85(84-90)89-87(92)81-77-73-69-65-61-57-53-50-47-44-41-39-37-35-33-31-29-27-25-24-26-28-30-32-34-36-38-40-42-45-48-51-55-59-63-67-71-75-79-83-94-88(93)82-78-74-70-66-62-58-54-20-18-16-14-12-10-8-6-4-2/h14,16,20,54,85-86,90-91H,3-13,15,17-19,21-53,55-84H2,1-2H3,(H,89,92)/b16-14-,54-20-. The maximum absolute atomic E-state index is 12.6. The molecule has 0 fully saturated rings. The summed E-state index contributed by atoms with van der Waals surface area (Å²) in [6, 6.07) is -0.538. The first-order valence-corrected chi connectivity index (χ1v) is 43.6. The summed E-state index contributed by atoms with van der Waals surface area (Å²) in [4.78, 5) is 24.7. The number of aliphatic hydroxyl groups is 2. The second-order valence-corrected chi connectivity index (χ2v) is 30.2. The first-order valence-electron chi connectivity index (χ1n) is 43.6. The molecule has 0 aliphatic heterocycles. The van der Waals surface area contributed by atoms with Gasteiger partial charge in [0.15, 0.2) is 0 Å². The van der Waals surface area contributed by atoms with E-state index in [1.54, 1.807) is 0 Å². The Morgan fingerprint density at radius 1 is 0.298 bits per heavy atom. The number of nitrogens with one attached hydrogen (secondary N) is 1. The molecule has 94 heavy (non-hydrogen) atoms. The summed E-state index contributed by atoms with van der Waals surface area (Å²) in [5, 5.41) is 23.5. The van der Waals surface area contributed by atoms with Crippen LogP contribution in [0.4, 0.5) is 0 Å². The van der Waals surface area contributed by atoms with Crippen LogP contribution in [0.3, 0.4) is 0 Å². The molecule has 0 aromatic carbocycles. The summed E-state index contributed by atoms with van der Waals surface area (Å²) in [5.41, 5.74) is 0. The number of allylic oxidation sites excluding steroid dienone is 4. The number of carbonyl (C=O) groups is 2. The van der Waals surface area contributed by atoms with Crippen molar-refractivity contribution < 1.29 is 24.5 Å². The maximum Gasteiger partial charge on any atom is 0.305 e. The summed E-state index contributed by atoms with van der Waals surface area (Å²) >= 11 is 0. The van der Waals surface area contributed by atoms with Crippen molar-refractivity contribution in [1.82, 2.24) is 5.32 Å². The zero-order valence-corrected chi connectivity index (χ0v) is 64.2. The molecule has 0 aromatic rings. The van der Waals surface area contributed by atoms with Crippen LogP contribution >= 0.6 is 0 Å². The fraction of sp³-hybridized carbons (Fsp3) is 0.932. The van der Waals surface area contributed by atoms with Gasteiger partial charge in [0.2, 0.25) is 5.91 Å². The maximum atomic E-state index is 12.6. The summed E-state index contributed by atoms with van der Waals surface area (Å²) in [5.74, 6) is -0.0112. The molecule has 2 atom stereocenters. The number of esters is 1. The van der Waals surface area contributed by atoms with Crippen molar-refractivity contribution in [3.63, 3.8) is 0 Å². The number of aliphatic hydroxyl groups excluding tert-OH is 2. The zero-order chi connectivity index (χ0) is 67.7. The monoisotopic (exact) mass is 1320 g/mol. The van der Waals surface area contributed by atoms with Crippen molar-refractivity contribution in [3.8, 4) is 0 Å². The van der Waals surface area contributed by atoms with Gasteiger partial charge in [0.1, 0.15) is 0 Å². The van der Waals surface area contributed by atoms with Crippen molar-refractivity contribution in [2.45, 2.75) is 514 Å². The van der Waals surface area contributed by atoms with E-state index in [0.29, 0.717) is 25.9 Å². The SMILES string of the molecule is CCCCCC/C=C\C/C=C\CCCCCCCC(=O)OCCCCCCCCCCCCCCCCCCCCCCCCCCCCCCCCCCCCCCCCCC(=O)NC(CO)C(O)CCCCCCCCCCCCCCCCCCCCCCCC. The van der Waals surface area contributed by atoms with Gasteiger partial charge in [0, 0.05) is 12.8 Å². The minimum absolute atomic E-state index is 0.0116. The van der Waals surface area contributed by atoms with Crippen LogP contribution in [0.25, 0.3) is 0 Å². The molecule has 0 rings (SSSR count). The summed E-state index contributed by atoms with van der Waals surface area (Å²) in [6.07, 6.45) is 109. The normalized spacial score (nSPS) is 12.5. The minimum atomic E-state index is -0.661. The van der Waals surface area contributed by atoms with Gasteiger partial charge in [-0.2, -0.15) is 0 Å². The molecule has 0 aliphatic rings. The van der Waals surface area contributed by atoms with Crippen LogP contribution in [0.15, 0.2) is 24.3 Å². The lowest BCUT2D eigenvalue weighted by Crippen LogP contribution is -2.45. The van der Waals surface area contributed by atoms with Gasteiger partial charge in [-0.15, -0.1) is 0 Å². The van der Waals surface area contributed by atoms with Crippen LogP contribution in [-0.2, 0) is 14.3 Å². The highest BCUT2D eigenvalue weighted by Gasteiger charge is 2.20. The average molecular weight is 1320 g/mol. The Labute approximate surface area is 590 Å². The smallest absolute Gasteiger partial charge is 0.305 e. The van der Waals surface area contributed by atoms with Gasteiger partial charge < -0.3 is 20.3 Å². The summed E-state index contributed by atoms with van der Waals surface area (Å²) < 4.78 is 5.50. The highest BCUT2D eigenvalue weighted by atomic mass is 16.5. The Morgan fingerprint density at radius 2 is 0.532 bits per heavy atom. The molecule has 558 valence electrons. The molecular formula is C88H171NO5. The first kappa shape index (κ1) is 92.3. The highest BCUT2D eigenvalue weighted by molar-refractivity contribution is 5.76. The van der Waals surface area contributed by atoms with Gasteiger partial charge >= 0.3 is 5.97 Å². The average Bonchev–Trinajstić information content (AvgIpc) is 3.68. The third kappa shape index (κ3) is 79.3. The van der Waals surface area contributed by atoms with Crippen LogP contribution in [0.5, 0.6) is 0 Å². The number of amides is 1. The molecule has 0 radical (unpaired) electrons. The molecule has 1 amide bonds. The largest absolute Gasteiger partial charge is 0.466 e. The molecular weight excluding hydrogens is 1150 g/mol. The molecule has 6 heteroatoms. The molecule has 0 spiro atoms. The molecule has 6 nitrogen and oxygen atoms in total. The molecule has 0 heterocycles. The third-order valence-electron chi connectivity index (χ3n) is 20.8. The number of hydrogen-bond acceptors (Lipinski definition) is 5. The number of unbranched alkanes of at least 4 members (excludes halogenated alkanes) is 68. The second-order valence-electron chi connectivity index (χ2n) is 30.2. The number of hydrogen-bond donors (Lipinski definition) is 3. The molecule has 0 saturated carbocycles. The Morgan fingerprint density at radius 3 is 0.819 bits per heavy atom. The Hall–Kier alpha value is -1.66. The Balaban J connectivity index is 3.30. The fourth-order valence-corrected chi connectivity index (χ4v) is 14.1. The lowest BCUT2D eigenvalue weighted by molar-refractivity contribution is -0.143. The van der Waals surface area contributed by atoms with Gasteiger partial charge in [-0.05, 0) is 57.8 Å². The van der Waals surface area contributed by atoms with Crippen molar-refractivity contribution in [2.75, 3.05) is 13.2 Å². The quantitative estimate of drug-likeness (QED) is 0.0320. The van der Waals surface area contributed by atoms with Crippen LogP contribution in [-0.4, -0.2) is 47.4 Å². The fourth-order valence-electron chi connectivity index (χ4n) is 14.1. The highest BCUT2D eigenvalue weighted by Crippen LogP contribution is 2.21. The van der Waals surface area contributed by atoms with E-state index >= 15 is 0 Å². The predicted octanol–water partition coefficient (Wildman–Crippen LogP) is 29.2. The van der Waals surface area contributed by atoms with Crippen molar-refractivity contribution in [2.24, 2.45) is 0 Å². The van der Waals surface area contributed by atoms with Crippen molar-refractivity contribution in [3.05, 3.63) is 24.3 Å². The van der Waals surface area contributed by atoms with Gasteiger partial charge in [-0.25, -0.2) is 0 Å². The molecule has 0 aliphatic carbocycles. The van der Waals surface area contributed by atoms with Crippen LogP contribution in [0.1, 0.15) is 502 Å². The van der Waals surface area contributed by atoms with E-state index in [9.17, 15) is 19.8 Å². The lowest BCUT2D eigenvalue weighted by Gasteiger charge is -2.22. The van der Waals surface area contributed by atoms with E-state index in [1.165, 1.54) is 417 Å². The van der Waals surface area contributed by atoms with Gasteiger partial charge in [0.05, 0.1) is 25.4 Å². The molecule has 2 unspecified atom stereocenters. The van der Waals surface area contributed by atoms with Crippen molar-refractivity contribution in [1.29, 1.82) is 0 Å². The summed E-state index contributed by atoms with van der Waals surface area (Å²) in [7, 11) is 0. The molecule has 3 N–H and O–H groups in total. The van der Waals surface area contributed by atoms with Crippen LogP contribution in [0.2, 0.25) is 0 Å². The van der Waals surface area contributed by atoms with E-state index in [-0.39, 0.29) is 18.5 Å². The zero-order valence-electron chi connectivity index (χ0n) is 64.2. The van der Waals surface area contributed by atoms with Crippen LogP contribution in [0, 0.1) is 0 Å². The van der Waals surface area contributed by atoms with E-state index in [1.807, 2.05) is 0 Å². The van der Waals surface area contributed by atoms with E-state index in [4.69, 9.17) is 4.74 Å². The Kier molecular flexibility index (Phi) is 82.3. The van der Waals surface area contributed by atoms with Crippen LogP contribution < -0.4 is 5.32 Å². The second kappa shape index (κ2) is 83.8. The van der Waals surface area contributed by atoms with E-state index < -0.39 is 12.1 Å². The molecule has 0 aromatic heterocycles. The molecule has 0 bridgehead atoms. The summed E-state index contributed by atoms with van der Waals surface area (Å²) in [6.45, 7) is 4.99. The number of ether oxygens (including phenoxy) is 1. The number of carbonyl (C=O) groups excluding carboxylic acids is 2. The Bertz CT molecular complexity index is 1480.